The van der Waals surface area contributed by atoms with E-state index in [1.165, 1.54) is 16.7 Å². The lowest BCUT2D eigenvalue weighted by Gasteiger charge is -2.31. The lowest BCUT2D eigenvalue weighted by molar-refractivity contribution is -0.126. The standard InChI is InChI=1S/C18H22O3/c1-5-18-10-14(19)6-7-15(18)20-17(21-18)16-12(3)8-11(2)9-13(16)4/h6-9,15,17H,5,10H2,1-4H3/t15-,17?,18+/m1/s1. The molecule has 112 valence electrons. The zero-order valence-electron chi connectivity index (χ0n) is 13.1. The molecule has 1 aliphatic heterocycles. The van der Waals surface area contributed by atoms with Gasteiger partial charge in [0.25, 0.3) is 0 Å². The van der Waals surface area contributed by atoms with Crippen molar-refractivity contribution in [1.82, 2.24) is 0 Å². The van der Waals surface area contributed by atoms with Gasteiger partial charge in [-0.3, -0.25) is 4.79 Å². The van der Waals surface area contributed by atoms with E-state index in [0.29, 0.717) is 6.42 Å². The third kappa shape index (κ3) is 2.34. The van der Waals surface area contributed by atoms with Crippen LogP contribution in [0.3, 0.4) is 0 Å². The molecule has 0 saturated carbocycles. The Hall–Kier alpha value is -1.45. The Morgan fingerprint density at radius 1 is 1.24 bits per heavy atom. The molecule has 3 nitrogen and oxygen atoms in total. The molecule has 0 bridgehead atoms. The number of carbonyl (C=O) groups excluding carboxylic acids is 1. The maximum Gasteiger partial charge on any atom is 0.185 e. The zero-order valence-corrected chi connectivity index (χ0v) is 13.1. The molecule has 3 heteroatoms. The van der Waals surface area contributed by atoms with E-state index >= 15 is 0 Å². The molecule has 1 heterocycles. The van der Waals surface area contributed by atoms with E-state index < -0.39 is 5.60 Å². The summed E-state index contributed by atoms with van der Waals surface area (Å²) in [7, 11) is 0. The van der Waals surface area contributed by atoms with Gasteiger partial charge in [-0.05, 0) is 50.5 Å². The Kier molecular flexibility index (Phi) is 3.50. The van der Waals surface area contributed by atoms with Crippen LogP contribution in [0.1, 0.15) is 48.3 Å². The van der Waals surface area contributed by atoms with E-state index in [0.717, 1.165) is 12.0 Å². The zero-order chi connectivity index (χ0) is 15.2. The van der Waals surface area contributed by atoms with E-state index in [9.17, 15) is 4.79 Å². The molecular weight excluding hydrogens is 264 g/mol. The number of carbonyl (C=O) groups is 1. The third-order valence-corrected chi connectivity index (χ3v) is 4.63. The molecule has 2 aliphatic rings. The van der Waals surface area contributed by atoms with Crippen LogP contribution >= 0.6 is 0 Å². The first kappa shape index (κ1) is 14.5. The minimum atomic E-state index is -0.500. The van der Waals surface area contributed by atoms with Crippen LogP contribution in [-0.4, -0.2) is 17.5 Å². The molecule has 21 heavy (non-hydrogen) atoms. The fourth-order valence-corrected chi connectivity index (χ4v) is 3.58. The number of benzene rings is 1. The summed E-state index contributed by atoms with van der Waals surface area (Å²) in [5.74, 6) is 0.120. The predicted molar refractivity (Wildman–Crippen MR) is 81.1 cm³/mol. The topological polar surface area (TPSA) is 35.5 Å². The maximum atomic E-state index is 11.8. The quantitative estimate of drug-likeness (QED) is 0.831. The average molecular weight is 286 g/mol. The molecule has 0 radical (unpaired) electrons. The number of hydrogen-bond acceptors (Lipinski definition) is 3. The summed E-state index contributed by atoms with van der Waals surface area (Å²) >= 11 is 0. The van der Waals surface area contributed by atoms with Crippen LogP contribution in [0.25, 0.3) is 0 Å². The highest BCUT2D eigenvalue weighted by Crippen LogP contribution is 2.46. The number of hydrogen-bond donors (Lipinski definition) is 0. The van der Waals surface area contributed by atoms with Gasteiger partial charge in [-0.15, -0.1) is 0 Å². The Balaban J connectivity index is 1.98. The highest BCUT2D eigenvalue weighted by Gasteiger charge is 2.50. The number of rotatable bonds is 2. The van der Waals surface area contributed by atoms with E-state index in [1.54, 1.807) is 6.08 Å². The van der Waals surface area contributed by atoms with Crippen molar-refractivity contribution in [3.05, 3.63) is 46.5 Å². The van der Waals surface area contributed by atoms with Gasteiger partial charge < -0.3 is 9.47 Å². The smallest absolute Gasteiger partial charge is 0.185 e. The van der Waals surface area contributed by atoms with E-state index in [1.807, 2.05) is 6.08 Å². The molecule has 1 fully saturated rings. The van der Waals surface area contributed by atoms with Gasteiger partial charge in [-0.2, -0.15) is 0 Å². The highest BCUT2D eigenvalue weighted by atomic mass is 16.7. The predicted octanol–water partition coefficient (Wildman–Crippen LogP) is 3.70. The van der Waals surface area contributed by atoms with Crippen LogP contribution in [-0.2, 0) is 14.3 Å². The van der Waals surface area contributed by atoms with Gasteiger partial charge >= 0.3 is 0 Å². The lowest BCUT2D eigenvalue weighted by Crippen LogP contribution is -2.42. The largest absolute Gasteiger partial charge is 0.338 e. The molecule has 1 aromatic rings. The molecule has 1 aliphatic carbocycles. The Morgan fingerprint density at radius 2 is 1.90 bits per heavy atom. The number of ether oxygens (including phenoxy) is 2. The van der Waals surface area contributed by atoms with Crippen LogP contribution in [0.15, 0.2) is 24.3 Å². The van der Waals surface area contributed by atoms with Crippen LogP contribution < -0.4 is 0 Å². The number of aryl methyl sites for hydroxylation is 3. The van der Waals surface area contributed by atoms with E-state index in [2.05, 4.69) is 39.8 Å². The molecule has 0 N–H and O–H groups in total. The van der Waals surface area contributed by atoms with Crippen molar-refractivity contribution in [2.24, 2.45) is 0 Å². The second-order valence-corrected chi connectivity index (χ2v) is 6.24. The number of allylic oxidation sites excluding steroid dienone is 1. The molecule has 3 rings (SSSR count). The van der Waals surface area contributed by atoms with Crippen LogP contribution in [0.4, 0.5) is 0 Å². The first-order valence-electron chi connectivity index (χ1n) is 7.57. The molecule has 3 atom stereocenters. The van der Waals surface area contributed by atoms with Gasteiger partial charge in [-0.1, -0.05) is 24.6 Å². The summed E-state index contributed by atoms with van der Waals surface area (Å²) in [6.45, 7) is 8.32. The average Bonchev–Trinajstić information content (AvgIpc) is 2.76. The van der Waals surface area contributed by atoms with Crippen molar-refractivity contribution in [1.29, 1.82) is 0 Å². The Morgan fingerprint density at radius 3 is 2.52 bits per heavy atom. The second kappa shape index (κ2) is 5.08. The molecule has 1 saturated heterocycles. The fraction of sp³-hybridized carbons (Fsp3) is 0.500. The summed E-state index contributed by atoms with van der Waals surface area (Å²) < 4.78 is 12.4. The van der Waals surface area contributed by atoms with Crippen LogP contribution in [0.5, 0.6) is 0 Å². The van der Waals surface area contributed by atoms with Crippen molar-refractivity contribution in [2.75, 3.05) is 0 Å². The molecule has 1 unspecified atom stereocenters. The van der Waals surface area contributed by atoms with Gasteiger partial charge in [0.2, 0.25) is 0 Å². The Labute approximate surface area is 125 Å². The fourth-order valence-electron chi connectivity index (χ4n) is 3.58. The molecule has 0 amide bonds. The second-order valence-electron chi connectivity index (χ2n) is 6.24. The summed E-state index contributed by atoms with van der Waals surface area (Å²) in [4.78, 5) is 11.8. The van der Waals surface area contributed by atoms with Crippen LogP contribution in [0.2, 0.25) is 0 Å². The van der Waals surface area contributed by atoms with E-state index in [-0.39, 0.29) is 18.2 Å². The summed E-state index contributed by atoms with van der Waals surface area (Å²) in [6.07, 6.45) is 4.14. The number of ketones is 1. The summed E-state index contributed by atoms with van der Waals surface area (Å²) in [6, 6.07) is 4.30. The van der Waals surface area contributed by atoms with Crippen molar-refractivity contribution < 1.29 is 14.3 Å². The van der Waals surface area contributed by atoms with Crippen molar-refractivity contribution in [2.45, 2.75) is 58.5 Å². The molecule has 0 spiro atoms. The first-order valence-corrected chi connectivity index (χ1v) is 7.57. The molecular formula is C18H22O3. The van der Waals surface area contributed by atoms with Crippen LogP contribution in [0, 0.1) is 20.8 Å². The first-order chi connectivity index (χ1) is 9.95. The van der Waals surface area contributed by atoms with Crippen molar-refractivity contribution >= 4 is 5.78 Å². The van der Waals surface area contributed by atoms with Gasteiger partial charge in [0.15, 0.2) is 12.1 Å². The molecule has 0 aromatic heterocycles. The summed E-state index contributed by atoms with van der Waals surface area (Å²) in [5.41, 5.74) is 4.20. The van der Waals surface area contributed by atoms with Crippen molar-refractivity contribution in [3.63, 3.8) is 0 Å². The maximum absolute atomic E-state index is 11.8. The number of fused-ring (bicyclic) bond motifs is 1. The SMILES string of the molecule is CC[C@]12CC(=O)C=C[C@H]1OC(c1c(C)cc(C)cc1C)O2. The Bertz CT molecular complexity index is 594. The van der Waals surface area contributed by atoms with Gasteiger partial charge in [0, 0.05) is 12.0 Å². The monoisotopic (exact) mass is 286 g/mol. The van der Waals surface area contributed by atoms with Gasteiger partial charge in [-0.25, -0.2) is 0 Å². The lowest BCUT2D eigenvalue weighted by atomic mass is 9.84. The summed E-state index contributed by atoms with van der Waals surface area (Å²) in [5, 5.41) is 0. The molecule has 1 aromatic carbocycles. The minimum Gasteiger partial charge on any atom is -0.338 e. The third-order valence-electron chi connectivity index (χ3n) is 4.63. The van der Waals surface area contributed by atoms with Crippen molar-refractivity contribution in [3.8, 4) is 0 Å². The minimum absolute atomic E-state index is 0.120. The van der Waals surface area contributed by atoms with Gasteiger partial charge in [0.1, 0.15) is 11.7 Å². The van der Waals surface area contributed by atoms with E-state index in [4.69, 9.17) is 9.47 Å². The van der Waals surface area contributed by atoms with Gasteiger partial charge in [0.05, 0.1) is 0 Å². The highest BCUT2D eigenvalue weighted by molar-refractivity contribution is 5.91. The normalized spacial score (nSPS) is 31.5.